The molecule has 0 saturated heterocycles. The number of hydrogen-bond donors (Lipinski definition) is 2. The van der Waals surface area contributed by atoms with Gasteiger partial charge in [-0.25, -0.2) is 10.2 Å². The molecule has 14 heavy (non-hydrogen) atoms. The first-order valence-corrected chi connectivity index (χ1v) is 4.73. The Morgan fingerprint density at radius 2 is 2.29 bits per heavy atom. The molecule has 0 saturated carbocycles. The van der Waals surface area contributed by atoms with E-state index in [1.165, 1.54) is 23.5 Å². The number of rotatable bonds is 1. The van der Waals surface area contributed by atoms with Crippen LogP contribution in [-0.2, 0) is 0 Å². The van der Waals surface area contributed by atoms with Gasteiger partial charge in [-0.3, -0.25) is 10.2 Å². The van der Waals surface area contributed by atoms with Crippen molar-refractivity contribution in [1.29, 1.82) is 0 Å². The fraction of sp³-hybridized carbons (Fsp3) is 0. The lowest BCUT2D eigenvalue weighted by Gasteiger charge is -1.90. The first-order chi connectivity index (χ1) is 6.72. The minimum absolute atomic E-state index is 0.324. The van der Waals surface area contributed by atoms with Crippen LogP contribution in [0.3, 0.4) is 0 Å². The van der Waals surface area contributed by atoms with Gasteiger partial charge in [-0.1, -0.05) is 6.07 Å². The molecule has 0 unspecified atom stereocenters. The maximum Gasteiger partial charge on any atom is 0.275 e. The summed E-state index contributed by atoms with van der Waals surface area (Å²) in [6.45, 7) is 0. The van der Waals surface area contributed by atoms with Gasteiger partial charge in [0, 0.05) is 10.1 Å². The van der Waals surface area contributed by atoms with E-state index >= 15 is 0 Å². The molecule has 2 rings (SSSR count). The smallest absolute Gasteiger partial charge is 0.275 e. The number of carbonyl (C=O) groups is 1. The normalized spacial score (nSPS) is 10.4. The second-order valence-corrected chi connectivity index (χ2v) is 3.82. The third-order valence-electron chi connectivity index (χ3n) is 1.86. The molecular formula is C9H7FN2OS. The van der Waals surface area contributed by atoms with E-state index in [9.17, 15) is 9.18 Å². The molecule has 3 nitrogen and oxygen atoms in total. The molecule has 3 N–H and O–H groups in total. The molecule has 0 aliphatic rings. The van der Waals surface area contributed by atoms with Crippen LogP contribution in [0.25, 0.3) is 10.1 Å². The van der Waals surface area contributed by atoms with Crippen molar-refractivity contribution >= 4 is 27.3 Å². The maximum atomic E-state index is 13.2. The summed E-state index contributed by atoms with van der Waals surface area (Å²) >= 11 is 1.21. The molecule has 0 bridgehead atoms. The van der Waals surface area contributed by atoms with Gasteiger partial charge in [0.15, 0.2) is 0 Å². The molecule has 0 aliphatic heterocycles. The number of hydrogen-bond acceptors (Lipinski definition) is 3. The number of amides is 1. The predicted octanol–water partition coefficient (Wildman–Crippen LogP) is 1.64. The molecule has 1 aromatic heterocycles. The Balaban J connectivity index is 2.62. The van der Waals surface area contributed by atoms with Crippen LogP contribution in [0.15, 0.2) is 24.3 Å². The van der Waals surface area contributed by atoms with Crippen molar-refractivity contribution in [2.45, 2.75) is 0 Å². The van der Waals surface area contributed by atoms with E-state index in [0.29, 0.717) is 10.3 Å². The van der Waals surface area contributed by atoms with Crippen molar-refractivity contribution in [2.24, 2.45) is 5.84 Å². The lowest BCUT2D eigenvalue weighted by Crippen LogP contribution is -2.29. The average Bonchev–Trinajstić information content (AvgIpc) is 2.62. The SMILES string of the molecule is NNC(=O)c1cc2c(F)cccc2s1. The second kappa shape index (κ2) is 3.36. The van der Waals surface area contributed by atoms with E-state index in [2.05, 4.69) is 0 Å². The van der Waals surface area contributed by atoms with Gasteiger partial charge in [-0.15, -0.1) is 11.3 Å². The maximum absolute atomic E-state index is 13.2. The standard InChI is InChI=1S/C9H7FN2OS/c10-6-2-1-3-7-5(6)4-8(14-7)9(13)12-11/h1-4H,11H2,(H,12,13). The molecule has 0 fully saturated rings. The Morgan fingerprint density at radius 3 is 2.93 bits per heavy atom. The zero-order chi connectivity index (χ0) is 10.1. The van der Waals surface area contributed by atoms with Crippen LogP contribution in [0, 0.1) is 5.82 Å². The zero-order valence-electron chi connectivity index (χ0n) is 7.08. The lowest BCUT2D eigenvalue weighted by atomic mass is 10.2. The number of nitrogens with two attached hydrogens (primary N) is 1. The van der Waals surface area contributed by atoms with Gasteiger partial charge < -0.3 is 0 Å². The molecule has 5 heteroatoms. The van der Waals surface area contributed by atoms with E-state index < -0.39 is 5.91 Å². The summed E-state index contributed by atoms with van der Waals surface area (Å²) in [4.78, 5) is 11.6. The fourth-order valence-electron chi connectivity index (χ4n) is 1.21. The number of carbonyl (C=O) groups excluding carboxylic acids is 1. The quantitative estimate of drug-likeness (QED) is 0.427. The fourth-order valence-corrected chi connectivity index (χ4v) is 2.19. The number of hydrazine groups is 1. The highest BCUT2D eigenvalue weighted by molar-refractivity contribution is 7.20. The highest BCUT2D eigenvalue weighted by atomic mass is 32.1. The van der Waals surface area contributed by atoms with Gasteiger partial charge in [0.25, 0.3) is 5.91 Å². The van der Waals surface area contributed by atoms with Crippen molar-refractivity contribution in [2.75, 3.05) is 0 Å². The minimum atomic E-state index is -0.398. The summed E-state index contributed by atoms with van der Waals surface area (Å²) in [7, 11) is 0. The molecular weight excluding hydrogens is 203 g/mol. The second-order valence-electron chi connectivity index (χ2n) is 2.74. The van der Waals surface area contributed by atoms with Crippen LogP contribution >= 0.6 is 11.3 Å². The van der Waals surface area contributed by atoms with Gasteiger partial charge in [0.05, 0.1) is 4.88 Å². The van der Waals surface area contributed by atoms with E-state index in [1.807, 2.05) is 5.43 Å². The van der Waals surface area contributed by atoms with E-state index in [0.717, 1.165) is 4.70 Å². The Hall–Kier alpha value is -1.46. The number of nitrogen functional groups attached to an aromatic ring is 1. The molecule has 0 radical (unpaired) electrons. The Kier molecular flexibility index (Phi) is 2.18. The molecule has 1 amide bonds. The third kappa shape index (κ3) is 1.36. The minimum Gasteiger partial charge on any atom is -0.289 e. The molecule has 0 aliphatic carbocycles. The van der Waals surface area contributed by atoms with Crippen molar-refractivity contribution in [1.82, 2.24) is 5.43 Å². The van der Waals surface area contributed by atoms with Gasteiger partial charge >= 0.3 is 0 Å². The summed E-state index contributed by atoms with van der Waals surface area (Å²) < 4.78 is 14.0. The van der Waals surface area contributed by atoms with Gasteiger partial charge in [-0.05, 0) is 18.2 Å². The number of halogens is 1. The van der Waals surface area contributed by atoms with Crippen molar-refractivity contribution in [3.05, 3.63) is 35.0 Å². The third-order valence-corrected chi connectivity index (χ3v) is 2.96. The molecule has 2 aromatic rings. The summed E-state index contributed by atoms with van der Waals surface area (Å²) in [5.41, 5.74) is 2.01. The van der Waals surface area contributed by atoms with Crippen LogP contribution in [0.4, 0.5) is 4.39 Å². The summed E-state index contributed by atoms with van der Waals surface area (Å²) in [6, 6.07) is 6.23. The Labute approximate surface area is 83.3 Å². The van der Waals surface area contributed by atoms with Crippen LogP contribution in [-0.4, -0.2) is 5.91 Å². The van der Waals surface area contributed by atoms with Crippen molar-refractivity contribution in [3.63, 3.8) is 0 Å². The number of benzene rings is 1. The molecule has 1 aromatic carbocycles. The summed E-state index contributed by atoms with van der Waals surface area (Å²) in [6.07, 6.45) is 0. The van der Waals surface area contributed by atoms with Crippen LogP contribution in [0.1, 0.15) is 9.67 Å². The molecule has 0 spiro atoms. The highest BCUT2D eigenvalue weighted by Crippen LogP contribution is 2.27. The first kappa shape index (κ1) is 9.11. The van der Waals surface area contributed by atoms with Gasteiger partial charge in [-0.2, -0.15) is 0 Å². The van der Waals surface area contributed by atoms with Crippen LogP contribution < -0.4 is 11.3 Å². The average molecular weight is 210 g/mol. The highest BCUT2D eigenvalue weighted by Gasteiger charge is 2.10. The Bertz CT molecular complexity index is 495. The lowest BCUT2D eigenvalue weighted by molar-refractivity contribution is 0.0958. The summed E-state index contributed by atoms with van der Waals surface area (Å²) in [5.74, 6) is 4.26. The predicted molar refractivity (Wildman–Crippen MR) is 53.4 cm³/mol. The molecule has 1 heterocycles. The summed E-state index contributed by atoms with van der Waals surface area (Å²) in [5, 5.41) is 0.455. The number of thiophene rings is 1. The largest absolute Gasteiger partial charge is 0.289 e. The van der Waals surface area contributed by atoms with E-state index in [1.54, 1.807) is 12.1 Å². The topological polar surface area (TPSA) is 55.1 Å². The van der Waals surface area contributed by atoms with Crippen LogP contribution in [0.5, 0.6) is 0 Å². The Morgan fingerprint density at radius 1 is 1.50 bits per heavy atom. The van der Waals surface area contributed by atoms with Gasteiger partial charge in [0.1, 0.15) is 5.82 Å². The van der Waals surface area contributed by atoms with E-state index in [-0.39, 0.29) is 5.82 Å². The van der Waals surface area contributed by atoms with Gasteiger partial charge in [0.2, 0.25) is 0 Å². The van der Waals surface area contributed by atoms with Crippen molar-refractivity contribution < 1.29 is 9.18 Å². The van der Waals surface area contributed by atoms with Crippen molar-refractivity contribution in [3.8, 4) is 0 Å². The monoisotopic (exact) mass is 210 g/mol. The number of fused-ring (bicyclic) bond motifs is 1. The first-order valence-electron chi connectivity index (χ1n) is 3.91. The zero-order valence-corrected chi connectivity index (χ0v) is 7.90. The van der Waals surface area contributed by atoms with E-state index in [4.69, 9.17) is 5.84 Å². The van der Waals surface area contributed by atoms with Crippen LogP contribution in [0.2, 0.25) is 0 Å². The molecule has 0 atom stereocenters. The molecule has 72 valence electrons. The number of nitrogens with one attached hydrogen (secondary N) is 1.